The molecule has 2 rings (SSSR count). The van der Waals surface area contributed by atoms with E-state index in [-0.39, 0.29) is 11.7 Å². The summed E-state index contributed by atoms with van der Waals surface area (Å²) in [5.41, 5.74) is 0.725. The van der Waals surface area contributed by atoms with Crippen molar-refractivity contribution < 1.29 is 23.1 Å². The second-order valence-electron chi connectivity index (χ2n) is 5.49. The Balaban J connectivity index is 2.10. The molecule has 0 unspecified atom stereocenters. The van der Waals surface area contributed by atoms with Crippen LogP contribution in [0.2, 0.25) is 0 Å². The normalized spacial score (nSPS) is 18.0. The molecule has 2 N–H and O–H groups in total. The van der Waals surface area contributed by atoms with Gasteiger partial charge in [0, 0.05) is 17.8 Å². The van der Waals surface area contributed by atoms with Crippen molar-refractivity contribution in [2.75, 3.05) is 17.0 Å². The summed E-state index contributed by atoms with van der Waals surface area (Å²) in [5, 5.41) is 9.13. The van der Waals surface area contributed by atoms with Crippen LogP contribution in [0.1, 0.15) is 36.5 Å². The first-order valence-electron chi connectivity index (χ1n) is 7.48. The van der Waals surface area contributed by atoms with Crippen molar-refractivity contribution in [3.8, 4) is 0 Å². The lowest BCUT2D eigenvalue weighted by Crippen LogP contribution is -2.40. The van der Waals surface area contributed by atoms with Gasteiger partial charge in [-0.15, -0.1) is 0 Å². The van der Waals surface area contributed by atoms with Gasteiger partial charge in [0.2, 0.25) is 10.0 Å². The predicted octanol–water partition coefficient (Wildman–Crippen LogP) is 1.53. The number of sulfonamides is 1. The maximum absolute atomic E-state index is 12.4. The van der Waals surface area contributed by atoms with Gasteiger partial charge in [-0.05, 0) is 43.5 Å². The SMILES string of the molecule is CCCS(=O)(=O)Nc1ccc(C(=O)N2CCC[C@@H]2C(=O)O)cc1. The second kappa shape index (κ2) is 6.99. The minimum Gasteiger partial charge on any atom is -0.480 e. The number of amides is 1. The number of hydrogen-bond acceptors (Lipinski definition) is 4. The van der Waals surface area contributed by atoms with Crippen molar-refractivity contribution in [1.82, 2.24) is 4.90 Å². The zero-order valence-electron chi connectivity index (χ0n) is 12.9. The fraction of sp³-hybridized carbons (Fsp3) is 0.467. The van der Waals surface area contributed by atoms with E-state index in [9.17, 15) is 18.0 Å². The topological polar surface area (TPSA) is 104 Å². The average molecular weight is 340 g/mol. The van der Waals surface area contributed by atoms with Crippen LogP contribution in [0.5, 0.6) is 0 Å². The number of nitrogens with one attached hydrogen (secondary N) is 1. The molecule has 7 nitrogen and oxygen atoms in total. The molecule has 1 atom stereocenters. The van der Waals surface area contributed by atoms with Crippen LogP contribution in [-0.4, -0.2) is 48.6 Å². The molecule has 1 heterocycles. The number of likely N-dealkylation sites (tertiary alicyclic amines) is 1. The van der Waals surface area contributed by atoms with Crippen molar-refractivity contribution in [3.63, 3.8) is 0 Å². The Bertz CT molecular complexity index is 684. The highest BCUT2D eigenvalue weighted by Gasteiger charge is 2.34. The van der Waals surface area contributed by atoms with E-state index in [2.05, 4.69) is 4.72 Å². The molecule has 1 amide bonds. The molecule has 1 fully saturated rings. The number of carboxylic acids is 1. The molecular formula is C15H20N2O5S. The number of hydrogen-bond donors (Lipinski definition) is 2. The first kappa shape index (κ1) is 17.3. The van der Waals surface area contributed by atoms with Gasteiger partial charge in [-0.3, -0.25) is 9.52 Å². The fourth-order valence-electron chi connectivity index (χ4n) is 2.61. The minimum atomic E-state index is -3.38. The smallest absolute Gasteiger partial charge is 0.326 e. The zero-order chi connectivity index (χ0) is 17.0. The third kappa shape index (κ3) is 4.22. The molecule has 0 bridgehead atoms. The van der Waals surface area contributed by atoms with Gasteiger partial charge in [0.1, 0.15) is 6.04 Å². The second-order valence-corrected chi connectivity index (χ2v) is 7.33. The number of carbonyl (C=O) groups excluding carboxylic acids is 1. The fourth-order valence-corrected chi connectivity index (χ4v) is 3.75. The van der Waals surface area contributed by atoms with Crippen LogP contribution in [-0.2, 0) is 14.8 Å². The van der Waals surface area contributed by atoms with Gasteiger partial charge in [-0.1, -0.05) is 6.92 Å². The van der Waals surface area contributed by atoms with Crippen molar-refractivity contribution in [3.05, 3.63) is 29.8 Å². The van der Waals surface area contributed by atoms with E-state index in [1.54, 1.807) is 6.92 Å². The van der Waals surface area contributed by atoms with E-state index in [1.807, 2.05) is 0 Å². The summed E-state index contributed by atoms with van der Waals surface area (Å²) in [6.07, 6.45) is 1.63. The number of benzene rings is 1. The van der Waals surface area contributed by atoms with Crippen molar-refractivity contribution in [2.24, 2.45) is 0 Å². The molecule has 1 aromatic rings. The highest BCUT2D eigenvalue weighted by Crippen LogP contribution is 2.21. The third-order valence-electron chi connectivity index (χ3n) is 3.68. The quantitative estimate of drug-likeness (QED) is 0.817. The average Bonchev–Trinajstić information content (AvgIpc) is 2.96. The van der Waals surface area contributed by atoms with Crippen molar-refractivity contribution in [2.45, 2.75) is 32.2 Å². The third-order valence-corrected chi connectivity index (χ3v) is 5.17. The summed E-state index contributed by atoms with van der Waals surface area (Å²) < 4.78 is 25.8. The Labute approximate surface area is 135 Å². The molecule has 8 heteroatoms. The molecule has 1 aromatic carbocycles. The molecular weight excluding hydrogens is 320 g/mol. The van der Waals surface area contributed by atoms with E-state index >= 15 is 0 Å². The van der Waals surface area contributed by atoms with E-state index in [0.29, 0.717) is 37.1 Å². The van der Waals surface area contributed by atoms with Gasteiger partial charge < -0.3 is 10.0 Å². The molecule has 0 saturated carbocycles. The molecule has 0 spiro atoms. The van der Waals surface area contributed by atoms with Crippen LogP contribution < -0.4 is 4.72 Å². The molecule has 23 heavy (non-hydrogen) atoms. The first-order valence-corrected chi connectivity index (χ1v) is 9.13. The van der Waals surface area contributed by atoms with Gasteiger partial charge in [0.25, 0.3) is 5.91 Å². The van der Waals surface area contributed by atoms with Gasteiger partial charge in [0.05, 0.1) is 5.75 Å². The largest absolute Gasteiger partial charge is 0.480 e. The van der Waals surface area contributed by atoms with Gasteiger partial charge >= 0.3 is 5.97 Å². The van der Waals surface area contributed by atoms with E-state index in [1.165, 1.54) is 29.2 Å². The van der Waals surface area contributed by atoms with Crippen LogP contribution in [0.4, 0.5) is 5.69 Å². The number of carbonyl (C=O) groups is 2. The summed E-state index contributed by atoms with van der Waals surface area (Å²) in [4.78, 5) is 24.9. The van der Waals surface area contributed by atoms with Crippen molar-refractivity contribution in [1.29, 1.82) is 0 Å². The van der Waals surface area contributed by atoms with Crippen LogP contribution in [0, 0.1) is 0 Å². The van der Waals surface area contributed by atoms with E-state index in [4.69, 9.17) is 5.11 Å². The van der Waals surface area contributed by atoms with Crippen molar-refractivity contribution >= 4 is 27.6 Å². The van der Waals surface area contributed by atoms with Crippen LogP contribution >= 0.6 is 0 Å². The monoisotopic (exact) mass is 340 g/mol. The van der Waals surface area contributed by atoms with E-state index in [0.717, 1.165) is 0 Å². The summed E-state index contributed by atoms with van der Waals surface area (Å²) in [6, 6.07) is 5.23. The standard InChI is InChI=1S/C15H20N2O5S/c1-2-10-23(21,22)16-12-7-5-11(6-8-12)14(18)17-9-3-4-13(17)15(19)20/h5-8,13,16H,2-4,9-10H2,1H3,(H,19,20)/t13-/m1/s1. The number of rotatable bonds is 6. The van der Waals surface area contributed by atoms with Gasteiger partial charge in [0.15, 0.2) is 0 Å². The Morgan fingerprint density at radius 3 is 2.52 bits per heavy atom. The number of carboxylic acid groups (broad SMARTS) is 1. The summed E-state index contributed by atoms with van der Waals surface area (Å²) >= 11 is 0. The number of nitrogens with zero attached hydrogens (tertiary/aromatic N) is 1. The highest BCUT2D eigenvalue weighted by atomic mass is 32.2. The lowest BCUT2D eigenvalue weighted by atomic mass is 10.1. The number of anilines is 1. The Kier molecular flexibility index (Phi) is 5.25. The molecule has 1 saturated heterocycles. The highest BCUT2D eigenvalue weighted by molar-refractivity contribution is 7.92. The molecule has 0 aromatic heterocycles. The predicted molar refractivity (Wildman–Crippen MR) is 85.8 cm³/mol. The van der Waals surface area contributed by atoms with E-state index < -0.39 is 22.0 Å². The lowest BCUT2D eigenvalue weighted by Gasteiger charge is -2.21. The minimum absolute atomic E-state index is 0.0295. The molecule has 0 radical (unpaired) electrons. The summed E-state index contributed by atoms with van der Waals surface area (Å²) in [5.74, 6) is -1.32. The maximum atomic E-state index is 12.4. The Morgan fingerprint density at radius 2 is 1.96 bits per heavy atom. The first-order chi connectivity index (χ1) is 10.8. The van der Waals surface area contributed by atoms with Gasteiger partial charge in [-0.25, -0.2) is 13.2 Å². The summed E-state index contributed by atoms with van der Waals surface area (Å²) in [7, 11) is -3.38. The molecule has 0 aliphatic carbocycles. The molecule has 1 aliphatic rings. The Hall–Kier alpha value is -2.09. The maximum Gasteiger partial charge on any atom is 0.326 e. The zero-order valence-corrected chi connectivity index (χ0v) is 13.7. The Morgan fingerprint density at radius 1 is 1.30 bits per heavy atom. The van der Waals surface area contributed by atoms with Crippen LogP contribution in [0.15, 0.2) is 24.3 Å². The lowest BCUT2D eigenvalue weighted by molar-refractivity contribution is -0.141. The number of aliphatic carboxylic acids is 1. The molecule has 1 aliphatic heterocycles. The summed E-state index contributed by atoms with van der Waals surface area (Å²) in [6.45, 7) is 2.19. The van der Waals surface area contributed by atoms with Crippen LogP contribution in [0.3, 0.4) is 0 Å². The van der Waals surface area contributed by atoms with Gasteiger partial charge in [-0.2, -0.15) is 0 Å². The molecule has 126 valence electrons. The van der Waals surface area contributed by atoms with Crippen LogP contribution in [0.25, 0.3) is 0 Å².